The summed E-state index contributed by atoms with van der Waals surface area (Å²) in [6.07, 6.45) is 0. The zero-order chi connectivity index (χ0) is 37.8. The van der Waals surface area contributed by atoms with Crippen LogP contribution in [0.2, 0.25) is 0 Å². The Balaban J connectivity index is 1.03. The standard InChI is InChI=1S/C54H37N3/c1-54(2)46-21-11-8-18-40(46)41-27-24-37(32-47(41)54)53-39-17-7-6-14-36(39)33-52(55-53)57-49-23-13-10-20-43(49)45-31-35(26-29-51(45)57)34-25-28-50-44(30-34)42-19-9-12-22-48(42)56(50)38-15-4-3-5-16-38/h3-33H,1-2H3. The highest BCUT2D eigenvalue weighted by atomic mass is 15.1. The third-order valence-electron chi connectivity index (χ3n) is 12.5. The number of pyridine rings is 1. The molecule has 57 heavy (non-hydrogen) atoms. The lowest BCUT2D eigenvalue weighted by molar-refractivity contribution is 0.660. The van der Waals surface area contributed by atoms with E-state index >= 15 is 0 Å². The SMILES string of the molecule is CC1(C)c2ccccc2-c2ccc(-c3nc(-n4c5ccccc5c5cc(-c6ccc7c(c6)c6ccccc6n7-c6ccccc6)ccc54)cc4ccccc34)cc21. The molecule has 1 aliphatic carbocycles. The molecule has 0 fully saturated rings. The molecule has 3 aromatic heterocycles. The summed E-state index contributed by atoms with van der Waals surface area (Å²) in [5.74, 6) is 0.917. The number of aromatic nitrogens is 3. The van der Waals surface area contributed by atoms with Gasteiger partial charge in [0.25, 0.3) is 0 Å². The van der Waals surface area contributed by atoms with Gasteiger partial charge in [0.05, 0.1) is 27.8 Å². The molecule has 0 spiro atoms. The van der Waals surface area contributed by atoms with E-state index in [1.807, 2.05) is 0 Å². The van der Waals surface area contributed by atoms with Crippen molar-refractivity contribution >= 4 is 54.4 Å². The van der Waals surface area contributed by atoms with E-state index in [4.69, 9.17) is 4.98 Å². The second-order valence-electron chi connectivity index (χ2n) is 16.0. The molecular formula is C54H37N3. The van der Waals surface area contributed by atoms with Gasteiger partial charge in [0.2, 0.25) is 0 Å². The number of para-hydroxylation sites is 3. The smallest absolute Gasteiger partial charge is 0.138 e. The van der Waals surface area contributed by atoms with Crippen LogP contribution in [0.15, 0.2) is 188 Å². The Labute approximate surface area is 330 Å². The number of hydrogen-bond donors (Lipinski definition) is 0. The Hall–Kier alpha value is -7.23. The maximum absolute atomic E-state index is 5.57. The average Bonchev–Trinajstić information content (AvgIpc) is 3.86. The van der Waals surface area contributed by atoms with Crippen LogP contribution in [-0.2, 0) is 5.41 Å². The minimum atomic E-state index is -0.0939. The third kappa shape index (κ3) is 4.63. The van der Waals surface area contributed by atoms with Gasteiger partial charge in [0, 0.05) is 43.6 Å². The average molecular weight is 728 g/mol. The van der Waals surface area contributed by atoms with E-state index in [0.29, 0.717) is 0 Å². The summed E-state index contributed by atoms with van der Waals surface area (Å²) in [4.78, 5) is 5.57. The monoisotopic (exact) mass is 727 g/mol. The molecule has 0 radical (unpaired) electrons. The van der Waals surface area contributed by atoms with Crippen LogP contribution in [0.5, 0.6) is 0 Å². The molecule has 268 valence electrons. The number of hydrogen-bond acceptors (Lipinski definition) is 1. The quantitative estimate of drug-likeness (QED) is 0.177. The lowest BCUT2D eigenvalue weighted by Gasteiger charge is -2.22. The summed E-state index contributed by atoms with van der Waals surface area (Å²) in [5, 5.41) is 7.26. The zero-order valence-corrected chi connectivity index (χ0v) is 31.7. The molecular weight excluding hydrogens is 691 g/mol. The Bertz CT molecular complexity index is 3430. The highest BCUT2D eigenvalue weighted by molar-refractivity contribution is 6.13. The van der Waals surface area contributed by atoms with Gasteiger partial charge < -0.3 is 4.57 Å². The van der Waals surface area contributed by atoms with Gasteiger partial charge in [-0.05, 0) is 99.4 Å². The molecule has 1 aliphatic rings. The highest BCUT2D eigenvalue weighted by Crippen LogP contribution is 2.50. The zero-order valence-electron chi connectivity index (χ0n) is 31.7. The molecule has 3 nitrogen and oxygen atoms in total. The van der Waals surface area contributed by atoms with Gasteiger partial charge in [-0.15, -0.1) is 0 Å². The van der Waals surface area contributed by atoms with Gasteiger partial charge in [0.1, 0.15) is 5.82 Å². The summed E-state index contributed by atoms with van der Waals surface area (Å²) in [7, 11) is 0. The van der Waals surface area contributed by atoms with Crippen LogP contribution in [0.1, 0.15) is 25.0 Å². The van der Waals surface area contributed by atoms with Gasteiger partial charge in [-0.3, -0.25) is 4.57 Å². The van der Waals surface area contributed by atoms with Crippen molar-refractivity contribution in [1.29, 1.82) is 0 Å². The van der Waals surface area contributed by atoms with E-state index < -0.39 is 0 Å². The van der Waals surface area contributed by atoms with E-state index in [0.717, 1.165) is 33.5 Å². The maximum atomic E-state index is 5.57. The van der Waals surface area contributed by atoms with E-state index in [9.17, 15) is 0 Å². The fraction of sp³-hybridized carbons (Fsp3) is 0.0556. The van der Waals surface area contributed by atoms with Crippen molar-refractivity contribution in [1.82, 2.24) is 14.1 Å². The summed E-state index contributed by atoms with van der Waals surface area (Å²) in [5.41, 5.74) is 15.7. The summed E-state index contributed by atoms with van der Waals surface area (Å²) < 4.78 is 4.73. The van der Waals surface area contributed by atoms with Gasteiger partial charge in [-0.2, -0.15) is 0 Å². The van der Waals surface area contributed by atoms with Crippen molar-refractivity contribution in [3.8, 4) is 45.0 Å². The Morgan fingerprint density at radius 3 is 1.67 bits per heavy atom. The maximum Gasteiger partial charge on any atom is 0.138 e. The van der Waals surface area contributed by atoms with Crippen LogP contribution >= 0.6 is 0 Å². The first-order valence-corrected chi connectivity index (χ1v) is 19.8. The van der Waals surface area contributed by atoms with Crippen molar-refractivity contribution in [2.75, 3.05) is 0 Å². The lowest BCUT2D eigenvalue weighted by Crippen LogP contribution is -2.15. The molecule has 8 aromatic carbocycles. The third-order valence-corrected chi connectivity index (χ3v) is 12.5. The van der Waals surface area contributed by atoms with E-state index in [-0.39, 0.29) is 5.41 Å². The molecule has 11 aromatic rings. The predicted octanol–water partition coefficient (Wildman–Crippen LogP) is 14.1. The van der Waals surface area contributed by atoms with Crippen molar-refractivity contribution in [3.63, 3.8) is 0 Å². The Morgan fingerprint density at radius 1 is 0.386 bits per heavy atom. The lowest BCUT2D eigenvalue weighted by atomic mass is 9.81. The molecule has 0 saturated heterocycles. The highest BCUT2D eigenvalue weighted by Gasteiger charge is 2.35. The van der Waals surface area contributed by atoms with Gasteiger partial charge >= 0.3 is 0 Å². The van der Waals surface area contributed by atoms with Crippen LogP contribution in [0.25, 0.3) is 99.4 Å². The molecule has 0 unspecified atom stereocenters. The van der Waals surface area contributed by atoms with Gasteiger partial charge in [-0.1, -0.05) is 141 Å². The molecule has 0 atom stereocenters. The summed E-state index contributed by atoms with van der Waals surface area (Å²) in [6.45, 7) is 4.69. The van der Waals surface area contributed by atoms with Crippen LogP contribution in [0, 0.1) is 0 Å². The largest absolute Gasteiger partial charge is 0.309 e. The molecule has 12 rings (SSSR count). The van der Waals surface area contributed by atoms with Crippen LogP contribution in [0.4, 0.5) is 0 Å². The van der Waals surface area contributed by atoms with E-state index in [1.54, 1.807) is 0 Å². The molecule has 0 bridgehead atoms. The first-order valence-electron chi connectivity index (χ1n) is 19.8. The molecule has 0 N–H and O–H groups in total. The fourth-order valence-electron chi connectivity index (χ4n) is 9.78. The summed E-state index contributed by atoms with van der Waals surface area (Å²) >= 11 is 0. The van der Waals surface area contributed by atoms with Crippen molar-refractivity contribution < 1.29 is 0 Å². The van der Waals surface area contributed by atoms with Crippen molar-refractivity contribution in [2.24, 2.45) is 0 Å². The molecule has 0 aliphatic heterocycles. The molecule has 3 heteroatoms. The van der Waals surface area contributed by atoms with E-state index in [2.05, 4.69) is 211 Å². The fourth-order valence-corrected chi connectivity index (χ4v) is 9.78. The van der Waals surface area contributed by atoms with Crippen LogP contribution in [0.3, 0.4) is 0 Å². The van der Waals surface area contributed by atoms with Crippen LogP contribution < -0.4 is 0 Å². The molecule has 3 heterocycles. The number of nitrogens with zero attached hydrogens (tertiary/aromatic N) is 3. The Kier molecular flexibility index (Phi) is 6.68. The van der Waals surface area contributed by atoms with Crippen LogP contribution in [-0.4, -0.2) is 14.1 Å². The second kappa shape index (κ2) is 11.9. The molecule has 0 saturated carbocycles. The minimum Gasteiger partial charge on any atom is -0.309 e. The number of rotatable bonds is 4. The first-order chi connectivity index (χ1) is 28.0. The Morgan fingerprint density at radius 2 is 0.930 bits per heavy atom. The van der Waals surface area contributed by atoms with Gasteiger partial charge in [0.15, 0.2) is 0 Å². The second-order valence-corrected chi connectivity index (χ2v) is 16.0. The predicted molar refractivity (Wildman–Crippen MR) is 239 cm³/mol. The minimum absolute atomic E-state index is 0.0939. The first kappa shape index (κ1) is 32.1. The topological polar surface area (TPSA) is 22.8 Å². The summed E-state index contributed by atoms with van der Waals surface area (Å²) in [6, 6.07) is 68.7. The van der Waals surface area contributed by atoms with Crippen molar-refractivity contribution in [2.45, 2.75) is 19.3 Å². The van der Waals surface area contributed by atoms with Crippen molar-refractivity contribution in [3.05, 3.63) is 199 Å². The molecule has 0 amide bonds. The number of benzene rings is 8. The normalized spacial score (nSPS) is 13.2. The van der Waals surface area contributed by atoms with E-state index in [1.165, 1.54) is 77.0 Å². The number of fused-ring (bicyclic) bond motifs is 10. The van der Waals surface area contributed by atoms with Gasteiger partial charge in [-0.25, -0.2) is 4.98 Å².